The number of hydrogen-bond acceptors (Lipinski definition) is 2. The highest BCUT2D eigenvalue weighted by molar-refractivity contribution is 9.11. The standard InChI is InChI=1S/C11H12Br2N2/c1-8-3-2-4-15(7-8)11-10(13)5-9(12)6-14-11/h3,5-6H,2,4,7H2,1H3. The van der Waals surface area contributed by atoms with Crippen molar-refractivity contribution in [3.8, 4) is 0 Å². The van der Waals surface area contributed by atoms with Crippen LogP contribution in [0.1, 0.15) is 13.3 Å². The van der Waals surface area contributed by atoms with Gasteiger partial charge in [-0.05, 0) is 51.3 Å². The average molecular weight is 332 g/mol. The van der Waals surface area contributed by atoms with E-state index in [0.29, 0.717) is 0 Å². The van der Waals surface area contributed by atoms with Gasteiger partial charge in [-0.25, -0.2) is 4.98 Å². The third-order valence-corrected chi connectivity index (χ3v) is 3.44. The van der Waals surface area contributed by atoms with Crippen LogP contribution in [0.4, 0.5) is 5.82 Å². The van der Waals surface area contributed by atoms with Gasteiger partial charge in [0.15, 0.2) is 0 Å². The van der Waals surface area contributed by atoms with Gasteiger partial charge in [0.05, 0.1) is 4.47 Å². The van der Waals surface area contributed by atoms with Gasteiger partial charge in [0.2, 0.25) is 0 Å². The zero-order valence-corrected chi connectivity index (χ0v) is 11.7. The smallest absolute Gasteiger partial charge is 0.143 e. The van der Waals surface area contributed by atoms with Crippen molar-refractivity contribution in [2.45, 2.75) is 13.3 Å². The molecule has 1 aliphatic heterocycles. The maximum atomic E-state index is 4.44. The van der Waals surface area contributed by atoms with E-state index in [-0.39, 0.29) is 0 Å². The van der Waals surface area contributed by atoms with Crippen molar-refractivity contribution in [1.29, 1.82) is 0 Å². The highest BCUT2D eigenvalue weighted by Gasteiger charge is 2.14. The van der Waals surface area contributed by atoms with E-state index in [1.54, 1.807) is 0 Å². The van der Waals surface area contributed by atoms with Gasteiger partial charge in [0.1, 0.15) is 5.82 Å². The molecule has 1 aromatic heterocycles. The van der Waals surface area contributed by atoms with E-state index in [4.69, 9.17) is 0 Å². The highest BCUT2D eigenvalue weighted by Crippen LogP contribution is 2.28. The van der Waals surface area contributed by atoms with Crippen LogP contribution >= 0.6 is 31.9 Å². The molecular formula is C11H12Br2N2. The first-order valence-corrected chi connectivity index (χ1v) is 6.47. The van der Waals surface area contributed by atoms with Crippen LogP contribution in [0, 0.1) is 0 Å². The lowest BCUT2D eigenvalue weighted by Crippen LogP contribution is -2.30. The molecule has 0 bridgehead atoms. The molecule has 2 heterocycles. The SMILES string of the molecule is CC1=CCCN(c2ncc(Br)cc2Br)C1. The summed E-state index contributed by atoms with van der Waals surface area (Å²) in [6.45, 7) is 4.19. The van der Waals surface area contributed by atoms with Crippen LogP contribution in [-0.4, -0.2) is 18.1 Å². The molecule has 0 aromatic carbocycles. The fraction of sp³-hybridized carbons (Fsp3) is 0.364. The van der Waals surface area contributed by atoms with Crippen LogP contribution in [0.15, 0.2) is 32.9 Å². The summed E-state index contributed by atoms with van der Waals surface area (Å²) >= 11 is 6.96. The summed E-state index contributed by atoms with van der Waals surface area (Å²) in [6, 6.07) is 2.04. The van der Waals surface area contributed by atoms with Gasteiger partial charge in [-0.15, -0.1) is 0 Å². The molecule has 0 amide bonds. The maximum absolute atomic E-state index is 4.44. The molecule has 1 aliphatic rings. The van der Waals surface area contributed by atoms with Crippen LogP contribution in [0.25, 0.3) is 0 Å². The van der Waals surface area contributed by atoms with Crippen molar-refractivity contribution in [2.75, 3.05) is 18.0 Å². The van der Waals surface area contributed by atoms with Gasteiger partial charge >= 0.3 is 0 Å². The Balaban J connectivity index is 2.26. The fourth-order valence-corrected chi connectivity index (χ4v) is 2.97. The molecule has 15 heavy (non-hydrogen) atoms. The molecule has 0 fully saturated rings. The Morgan fingerprint density at radius 2 is 2.20 bits per heavy atom. The summed E-state index contributed by atoms with van der Waals surface area (Å²) in [5.41, 5.74) is 1.41. The number of rotatable bonds is 1. The Morgan fingerprint density at radius 1 is 1.40 bits per heavy atom. The van der Waals surface area contributed by atoms with Crippen molar-refractivity contribution in [3.05, 3.63) is 32.9 Å². The average Bonchev–Trinajstić information content (AvgIpc) is 2.17. The normalized spacial score (nSPS) is 16.5. The molecule has 1 aromatic rings. The lowest BCUT2D eigenvalue weighted by Gasteiger charge is -2.28. The highest BCUT2D eigenvalue weighted by atomic mass is 79.9. The van der Waals surface area contributed by atoms with E-state index in [9.17, 15) is 0 Å². The fourth-order valence-electron chi connectivity index (χ4n) is 1.73. The van der Waals surface area contributed by atoms with Crippen LogP contribution in [0.2, 0.25) is 0 Å². The van der Waals surface area contributed by atoms with Gasteiger partial charge in [-0.1, -0.05) is 11.6 Å². The minimum atomic E-state index is 0.979. The van der Waals surface area contributed by atoms with Crippen LogP contribution < -0.4 is 4.90 Å². The topological polar surface area (TPSA) is 16.1 Å². The number of anilines is 1. The van der Waals surface area contributed by atoms with Crippen LogP contribution in [0.5, 0.6) is 0 Å². The van der Waals surface area contributed by atoms with Crippen molar-refractivity contribution < 1.29 is 0 Å². The van der Waals surface area contributed by atoms with Crippen molar-refractivity contribution in [1.82, 2.24) is 4.98 Å². The van der Waals surface area contributed by atoms with E-state index >= 15 is 0 Å². The summed E-state index contributed by atoms with van der Waals surface area (Å²) in [5.74, 6) is 1.03. The van der Waals surface area contributed by atoms with E-state index in [0.717, 1.165) is 34.3 Å². The molecule has 0 saturated carbocycles. The van der Waals surface area contributed by atoms with Gasteiger partial charge < -0.3 is 4.90 Å². The molecule has 4 heteroatoms. The van der Waals surface area contributed by atoms with Gasteiger partial charge in [0, 0.05) is 23.8 Å². The minimum Gasteiger partial charge on any atom is -0.351 e. The van der Waals surface area contributed by atoms with E-state index in [1.165, 1.54) is 5.57 Å². The first-order valence-electron chi connectivity index (χ1n) is 4.88. The summed E-state index contributed by atoms with van der Waals surface area (Å²) in [6.07, 6.45) is 5.24. The maximum Gasteiger partial charge on any atom is 0.143 e. The predicted molar refractivity (Wildman–Crippen MR) is 70.2 cm³/mol. The number of halogens is 2. The third-order valence-electron chi connectivity index (χ3n) is 2.42. The van der Waals surface area contributed by atoms with E-state index in [1.807, 2.05) is 12.3 Å². The second-order valence-corrected chi connectivity index (χ2v) is 5.49. The Hall–Kier alpha value is -0.350. The molecule has 0 atom stereocenters. The molecular weight excluding hydrogens is 320 g/mol. The van der Waals surface area contributed by atoms with Gasteiger partial charge in [-0.3, -0.25) is 0 Å². The Labute approximate surface area is 107 Å². The summed E-state index contributed by atoms with van der Waals surface area (Å²) in [5, 5.41) is 0. The van der Waals surface area contributed by atoms with E-state index in [2.05, 4.69) is 54.7 Å². The zero-order chi connectivity index (χ0) is 10.8. The molecule has 0 N–H and O–H groups in total. The lowest BCUT2D eigenvalue weighted by molar-refractivity contribution is 0.775. The molecule has 0 spiro atoms. The molecule has 2 rings (SSSR count). The van der Waals surface area contributed by atoms with Gasteiger partial charge in [0.25, 0.3) is 0 Å². The number of hydrogen-bond donors (Lipinski definition) is 0. The van der Waals surface area contributed by atoms with Crippen molar-refractivity contribution in [3.63, 3.8) is 0 Å². The summed E-state index contributed by atoms with van der Waals surface area (Å²) in [7, 11) is 0. The molecule has 0 radical (unpaired) electrons. The van der Waals surface area contributed by atoms with Gasteiger partial charge in [-0.2, -0.15) is 0 Å². The molecule has 0 unspecified atom stereocenters. The quantitative estimate of drug-likeness (QED) is 0.728. The number of pyridine rings is 1. The number of aromatic nitrogens is 1. The summed E-state index contributed by atoms with van der Waals surface area (Å²) < 4.78 is 2.05. The minimum absolute atomic E-state index is 0.979. The monoisotopic (exact) mass is 330 g/mol. The lowest BCUT2D eigenvalue weighted by atomic mass is 10.1. The Morgan fingerprint density at radius 3 is 2.87 bits per heavy atom. The van der Waals surface area contributed by atoms with Crippen molar-refractivity contribution >= 4 is 37.7 Å². The largest absolute Gasteiger partial charge is 0.351 e. The first kappa shape index (κ1) is 11.1. The predicted octanol–water partition coefficient (Wildman–Crippen LogP) is 3.76. The second-order valence-electron chi connectivity index (χ2n) is 3.72. The molecule has 2 nitrogen and oxygen atoms in total. The van der Waals surface area contributed by atoms with Crippen LogP contribution in [0.3, 0.4) is 0 Å². The number of nitrogens with zero attached hydrogens (tertiary/aromatic N) is 2. The van der Waals surface area contributed by atoms with Crippen LogP contribution in [-0.2, 0) is 0 Å². The second kappa shape index (κ2) is 4.66. The zero-order valence-electron chi connectivity index (χ0n) is 8.50. The first-order chi connectivity index (χ1) is 7.16. The summed E-state index contributed by atoms with van der Waals surface area (Å²) in [4.78, 5) is 6.74. The van der Waals surface area contributed by atoms with E-state index < -0.39 is 0 Å². The molecule has 80 valence electrons. The van der Waals surface area contributed by atoms with Crippen molar-refractivity contribution in [2.24, 2.45) is 0 Å². The molecule has 0 saturated heterocycles. The Bertz CT molecular complexity index is 402. The molecule has 0 aliphatic carbocycles. The third kappa shape index (κ3) is 2.61. The Kier molecular flexibility index (Phi) is 3.46.